The van der Waals surface area contributed by atoms with E-state index >= 15 is 0 Å². The summed E-state index contributed by atoms with van der Waals surface area (Å²) in [6, 6.07) is 19.3. The van der Waals surface area contributed by atoms with Crippen LogP contribution in [-0.2, 0) is 16.0 Å². The summed E-state index contributed by atoms with van der Waals surface area (Å²) in [5, 5.41) is 0. The Balaban J connectivity index is 1.55. The quantitative estimate of drug-likeness (QED) is 0.774. The van der Waals surface area contributed by atoms with Crippen molar-refractivity contribution < 1.29 is 9.47 Å². The number of methoxy groups -OCH3 is 1. The van der Waals surface area contributed by atoms with Gasteiger partial charge in [0.2, 0.25) is 0 Å². The Labute approximate surface area is 172 Å². The second-order valence-corrected chi connectivity index (χ2v) is 8.94. The lowest BCUT2D eigenvalue weighted by atomic mass is 9.75. The van der Waals surface area contributed by atoms with Gasteiger partial charge in [0.1, 0.15) is 12.4 Å². The van der Waals surface area contributed by atoms with Crippen molar-refractivity contribution in [2.75, 3.05) is 26.8 Å². The number of ether oxygens (including phenoxy) is 2. The van der Waals surface area contributed by atoms with E-state index in [1.165, 1.54) is 22.3 Å². The molecule has 2 atom stereocenters. The lowest BCUT2D eigenvalue weighted by Gasteiger charge is -2.32. The Bertz CT molecular complexity index is 977. The van der Waals surface area contributed by atoms with Crippen LogP contribution in [0, 0.1) is 5.92 Å². The summed E-state index contributed by atoms with van der Waals surface area (Å²) in [6.07, 6.45) is 0. The number of likely N-dealkylation sites (tertiary alicyclic amines) is 1. The van der Waals surface area contributed by atoms with Crippen LogP contribution in [0.5, 0.6) is 0 Å². The molecule has 0 bridgehead atoms. The van der Waals surface area contributed by atoms with Crippen LogP contribution in [0.25, 0.3) is 5.76 Å². The molecule has 2 aromatic carbocycles. The van der Waals surface area contributed by atoms with E-state index in [-0.39, 0.29) is 11.5 Å². The Kier molecular flexibility index (Phi) is 4.47. The van der Waals surface area contributed by atoms with Crippen molar-refractivity contribution in [3.63, 3.8) is 0 Å². The van der Waals surface area contributed by atoms with E-state index in [0.29, 0.717) is 12.5 Å². The average Bonchev–Trinajstić information content (AvgIpc) is 3.29. The summed E-state index contributed by atoms with van der Waals surface area (Å²) in [6.45, 7) is 7.78. The molecule has 4 nitrogen and oxygen atoms in total. The number of aliphatic imine (C=N–C) groups is 1. The first-order chi connectivity index (χ1) is 14.1. The minimum atomic E-state index is -0.155. The van der Waals surface area contributed by atoms with Gasteiger partial charge in [-0.1, -0.05) is 54.6 Å². The fourth-order valence-electron chi connectivity index (χ4n) is 5.00. The normalized spacial score (nSPS) is 25.3. The number of benzene rings is 2. The summed E-state index contributed by atoms with van der Waals surface area (Å²) in [4.78, 5) is 7.50. The predicted octanol–water partition coefficient (Wildman–Crippen LogP) is 4.48. The molecule has 29 heavy (non-hydrogen) atoms. The first-order valence-electron chi connectivity index (χ1n) is 10.4. The highest BCUT2D eigenvalue weighted by Gasteiger charge is 2.46. The number of hydrogen-bond acceptors (Lipinski definition) is 4. The molecular weight excluding hydrogens is 360 g/mol. The highest BCUT2D eigenvalue weighted by molar-refractivity contribution is 5.90. The second-order valence-electron chi connectivity index (χ2n) is 8.94. The second kappa shape index (κ2) is 7.03. The van der Waals surface area contributed by atoms with Crippen LogP contribution in [0.2, 0.25) is 0 Å². The molecule has 4 heteroatoms. The van der Waals surface area contributed by atoms with Gasteiger partial charge in [-0.2, -0.15) is 0 Å². The molecule has 0 spiro atoms. The van der Waals surface area contributed by atoms with Gasteiger partial charge in [-0.15, -0.1) is 0 Å². The van der Waals surface area contributed by atoms with Gasteiger partial charge in [0.15, 0.2) is 5.90 Å². The molecule has 1 aliphatic carbocycles. The van der Waals surface area contributed by atoms with Crippen molar-refractivity contribution in [1.29, 1.82) is 0 Å². The fourth-order valence-corrected chi connectivity index (χ4v) is 5.00. The molecule has 0 amide bonds. The van der Waals surface area contributed by atoms with Crippen molar-refractivity contribution in [1.82, 2.24) is 4.90 Å². The van der Waals surface area contributed by atoms with Crippen molar-refractivity contribution >= 4 is 11.7 Å². The molecule has 2 aliphatic heterocycles. The van der Waals surface area contributed by atoms with Crippen LogP contribution in [0.3, 0.4) is 0 Å². The standard InChI is InChI=1S/C25H28N2O2/c1-25(2)16-29-24(26-25)22-18-11-7-8-12-19(18)23(28-3)21-15-27(14-20(21)22)13-17-9-5-4-6-10-17/h4-12,20,22H,13-16H2,1-3H3/t20-,22+/m0/s1. The largest absolute Gasteiger partial charge is 0.496 e. The van der Waals surface area contributed by atoms with Gasteiger partial charge in [0.25, 0.3) is 0 Å². The third kappa shape index (κ3) is 3.25. The van der Waals surface area contributed by atoms with E-state index in [4.69, 9.17) is 14.5 Å². The minimum absolute atomic E-state index is 0.155. The van der Waals surface area contributed by atoms with Gasteiger partial charge in [-0.25, -0.2) is 4.99 Å². The summed E-state index contributed by atoms with van der Waals surface area (Å²) < 4.78 is 12.1. The Morgan fingerprint density at radius 2 is 1.86 bits per heavy atom. The van der Waals surface area contributed by atoms with Crippen molar-refractivity contribution in [2.24, 2.45) is 10.9 Å². The molecule has 1 fully saturated rings. The zero-order valence-electron chi connectivity index (χ0n) is 17.4. The molecule has 5 rings (SSSR count). The average molecular weight is 389 g/mol. The molecule has 150 valence electrons. The smallest absolute Gasteiger partial charge is 0.192 e. The third-order valence-electron chi connectivity index (χ3n) is 6.24. The monoisotopic (exact) mass is 388 g/mol. The van der Waals surface area contributed by atoms with Crippen LogP contribution in [0.1, 0.15) is 36.5 Å². The Hall–Kier alpha value is -2.59. The van der Waals surface area contributed by atoms with E-state index in [2.05, 4.69) is 73.3 Å². The summed E-state index contributed by atoms with van der Waals surface area (Å²) in [5.41, 5.74) is 5.02. The van der Waals surface area contributed by atoms with Crippen LogP contribution < -0.4 is 0 Å². The molecule has 0 aromatic heterocycles. The zero-order valence-corrected chi connectivity index (χ0v) is 17.4. The third-order valence-corrected chi connectivity index (χ3v) is 6.24. The van der Waals surface area contributed by atoms with Crippen LogP contribution in [-0.4, -0.2) is 43.1 Å². The number of nitrogens with zero attached hydrogens (tertiary/aromatic N) is 2. The molecule has 2 aromatic rings. The minimum Gasteiger partial charge on any atom is -0.496 e. The number of hydrogen-bond donors (Lipinski definition) is 0. The highest BCUT2D eigenvalue weighted by atomic mass is 16.5. The number of rotatable bonds is 4. The van der Waals surface area contributed by atoms with E-state index in [9.17, 15) is 0 Å². The predicted molar refractivity (Wildman–Crippen MR) is 116 cm³/mol. The van der Waals surface area contributed by atoms with E-state index < -0.39 is 0 Å². The molecule has 0 radical (unpaired) electrons. The maximum atomic E-state index is 6.16. The first-order valence-corrected chi connectivity index (χ1v) is 10.4. The maximum absolute atomic E-state index is 6.16. The Morgan fingerprint density at radius 1 is 1.10 bits per heavy atom. The van der Waals surface area contributed by atoms with Crippen LogP contribution in [0.15, 0.2) is 65.2 Å². The summed E-state index contributed by atoms with van der Waals surface area (Å²) in [5.74, 6) is 2.41. The molecule has 0 N–H and O–H groups in total. The SMILES string of the molecule is COC1=C2CN(Cc3ccccc3)C[C@@H]2[C@H](C2=NC(C)(C)CO2)c2ccccc21. The van der Waals surface area contributed by atoms with Crippen molar-refractivity contribution in [3.8, 4) is 0 Å². The molecule has 0 saturated carbocycles. The molecule has 3 aliphatic rings. The van der Waals surface area contributed by atoms with Gasteiger partial charge in [0.05, 0.1) is 18.6 Å². The number of fused-ring (bicyclic) bond motifs is 2. The zero-order chi connectivity index (χ0) is 20.0. The van der Waals surface area contributed by atoms with E-state index in [1.807, 2.05) is 0 Å². The van der Waals surface area contributed by atoms with Gasteiger partial charge >= 0.3 is 0 Å². The van der Waals surface area contributed by atoms with Crippen LogP contribution >= 0.6 is 0 Å². The fraction of sp³-hybridized carbons (Fsp3) is 0.400. The highest BCUT2D eigenvalue weighted by Crippen LogP contribution is 2.48. The van der Waals surface area contributed by atoms with Crippen molar-refractivity contribution in [2.45, 2.75) is 31.8 Å². The summed E-state index contributed by atoms with van der Waals surface area (Å²) >= 11 is 0. The van der Waals surface area contributed by atoms with E-state index in [1.54, 1.807) is 7.11 Å². The molecule has 1 saturated heterocycles. The molecule has 2 heterocycles. The topological polar surface area (TPSA) is 34.1 Å². The van der Waals surface area contributed by atoms with Crippen molar-refractivity contribution in [3.05, 3.63) is 76.9 Å². The van der Waals surface area contributed by atoms with Gasteiger partial charge in [-0.05, 0) is 30.5 Å². The summed E-state index contributed by atoms with van der Waals surface area (Å²) in [7, 11) is 1.79. The van der Waals surface area contributed by atoms with Crippen LogP contribution in [0.4, 0.5) is 0 Å². The lowest BCUT2D eigenvalue weighted by Crippen LogP contribution is -2.29. The lowest BCUT2D eigenvalue weighted by molar-refractivity contribution is 0.261. The molecule has 0 unspecified atom stereocenters. The maximum Gasteiger partial charge on any atom is 0.192 e. The first kappa shape index (κ1) is 18.4. The van der Waals surface area contributed by atoms with E-state index in [0.717, 1.165) is 31.3 Å². The molecular formula is C25H28N2O2. The van der Waals surface area contributed by atoms with Gasteiger partial charge < -0.3 is 9.47 Å². The van der Waals surface area contributed by atoms with Gasteiger partial charge in [0, 0.05) is 31.1 Å². The van der Waals surface area contributed by atoms with Gasteiger partial charge in [-0.3, -0.25) is 4.90 Å². The Morgan fingerprint density at radius 3 is 2.59 bits per heavy atom.